The number of aromatic hydroxyl groups is 1. The van der Waals surface area contributed by atoms with Crippen molar-refractivity contribution in [1.29, 1.82) is 0 Å². The maximum absolute atomic E-state index is 12.6. The summed E-state index contributed by atoms with van der Waals surface area (Å²) in [6, 6.07) is 9.41. The third-order valence-corrected chi connectivity index (χ3v) is 7.22. The van der Waals surface area contributed by atoms with Gasteiger partial charge in [-0.25, -0.2) is 14.1 Å². The molecule has 0 bridgehead atoms. The van der Waals surface area contributed by atoms with Gasteiger partial charge in [-0.05, 0) is 108 Å². The van der Waals surface area contributed by atoms with Crippen LogP contribution in [0.3, 0.4) is 0 Å². The number of hydrogen-bond acceptors (Lipinski definition) is 5. The summed E-state index contributed by atoms with van der Waals surface area (Å²) in [6.45, 7) is 23.8. The van der Waals surface area contributed by atoms with Crippen molar-refractivity contribution in [2.75, 3.05) is 0 Å². The molecule has 0 heterocycles. The van der Waals surface area contributed by atoms with Crippen LogP contribution in [-0.4, -0.2) is 16.3 Å². The van der Waals surface area contributed by atoms with Gasteiger partial charge >= 0.3 is 24.7 Å². The monoisotopic (exact) mass is 904 g/mol. The summed E-state index contributed by atoms with van der Waals surface area (Å²) in [5, 5.41) is 8.86. The van der Waals surface area contributed by atoms with Gasteiger partial charge in [0.25, 0.3) is 0 Å². The fourth-order valence-electron chi connectivity index (χ4n) is 4.29. The Balaban J connectivity index is 0.000000409. The predicted molar refractivity (Wildman–Crippen MR) is 201 cm³/mol. The first-order valence-corrected chi connectivity index (χ1v) is 17.4. The van der Waals surface area contributed by atoms with Gasteiger partial charge in [0.1, 0.15) is 28.7 Å². The van der Waals surface area contributed by atoms with Gasteiger partial charge in [-0.3, -0.25) is 0 Å². The molecule has 0 spiro atoms. The van der Waals surface area contributed by atoms with E-state index in [0.717, 1.165) is 30.3 Å². The first-order valence-electron chi connectivity index (χ1n) is 17.0. The third-order valence-electron chi connectivity index (χ3n) is 6.93. The van der Waals surface area contributed by atoms with E-state index in [1.807, 2.05) is 20.8 Å². The number of rotatable bonds is 4. The van der Waals surface area contributed by atoms with E-state index in [9.17, 15) is 62.2 Å². The molecule has 0 aromatic heterocycles. The number of phenolic OH excluding ortho intramolecular Hbond substituents is 1. The van der Waals surface area contributed by atoms with E-state index < -0.39 is 75.4 Å². The number of nitrogens with two attached hydrogens (primary N) is 2. The summed E-state index contributed by atoms with van der Waals surface area (Å²) in [5.74, 6) is -0.779. The molecule has 0 atom stereocenters. The van der Waals surface area contributed by atoms with Crippen LogP contribution in [0.15, 0.2) is 66.7 Å². The van der Waals surface area contributed by atoms with E-state index >= 15 is 0 Å². The minimum absolute atomic E-state index is 0.00926. The Hall–Kier alpha value is -5.44. The fourth-order valence-corrected chi connectivity index (χ4v) is 4.53. The number of alkyl halides is 12. The summed E-state index contributed by atoms with van der Waals surface area (Å²) in [7, 11) is 0. The molecular weight excluding hydrogens is 867 g/mol. The summed E-state index contributed by atoms with van der Waals surface area (Å²) in [6.07, 6.45) is -17.8. The Morgan fingerprint density at radius 1 is 0.541 bits per heavy atom. The number of halogens is 14. The Bertz CT molecular complexity index is 2180. The molecule has 0 saturated carbocycles. The first kappa shape index (κ1) is 53.6. The predicted octanol–water partition coefficient (Wildman–Crippen LogP) is 13.7. The molecule has 0 aliphatic heterocycles. The molecule has 7 nitrogen and oxygen atoms in total. The molecule has 5 N–H and O–H groups in total. The highest BCUT2D eigenvalue weighted by Gasteiger charge is 2.34. The quantitative estimate of drug-likeness (QED) is 0.140. The molecule has 0 amide bonds. The van der Waals surface area contributed by atoms with Crippen molar-refractivity contribution < 1.29 is 71.7 Å². The second-order valence-electron chi connectivity index (χ2n) is 14.2. The molecule has 4 aromatic carbocycles. The van der Waals surface area contributed by atoms with E-state index in [4.69, 9.17) is 45.7 Å². The van der Waals surface area contributed by atoms with Crippen LogP contribution in [0.4, 0.5) is 68.5 Å². The molecule has 0 saturated heterocycles. The zero-order valence-electron chi connectivity index (χ0n) is 32.9. The third kappa shape index (κ3) is 18.0. The van der Waals surface area contributed by atoms with Crippen molar-refractivity contribution >= 4 is 23.0 Å². The van der Waals surface area contributed by atoms with Gasteiger partial charge in [0.15, 0.2) is 0 Å². The van der Waals surface area contributed by atoms with E-state index in [0.29, 0.717) is 35.6 Å². The van der Waals surface area contributed by atoms with Gasteiger partial charge in [-0.2, -0.15) is 52.7 Å². The highest BCUT2D eigenvalue weighted by molar-refractivity contribution is 6.32. The van der Waals surface area contributed by atoms with Gasteiger partial charge in [0.2, 0.25) is 11.4 Å². The van der Waals surface area contributed by atoms with Crippen molar-refractivity contribution in [1.82, 2.24) is 0 Å². The second kappa shape index (κ2) is 20.9. The van der Waals surface area contributed by atoms with Crippen molar-refractivity contribution in [2.24, 2.45) is 11.5 Å². The summed E-state index contributed by atoms with van der Waals surface area (Å²) >= 11 is 5.40. The summed E-state index contributed by atoms with van der Waals surface area (Å²) in [4.78, 5) is 5.67. The molecule has 334 valence electrons. The molecular formula is C40H38ClF13N4O3. The minimum atomic E-state index is -4.53. The zero-order chi connectivity index (χ0) is 47.5. The van der Waals surface area contributed by atoms with Crippen LogP contribution in [0.25, 0.3) is 9.69 Å². The Morgan fingerprint density at radius 3 is 1.30 bits per heavy atom. The number of nitrogens with zero attached hydrogens (tertiary/aromatic N) is 2. The Morgan fingerprint density at radius 2 is 0.902 bits per heavy atom. The standard InChI is InChI=1S/C12H12F3NO.C12H16F3NO.C8H7ClF3NO.C8H3F4N/c1-11(2,3)17-10-6-5-8(12(13,14)15)7-9(10)16-4;1-11(2,3)17-10-5-4-9(12(13,14)15)6-8(10)7-16;9-6-2-5(8(10,11)12)1-4(3-13)7(6)14;1-13-7-4-5(8(10,11)12)2-3-6(7)9/h5-7H,1-3H3;4-6H,7,16H2,1-3H3;1-2,14H,3,13H2;2-4H. The zero-order valence-corrected chi connectivity index (χ0v) is 33.6. The van der Waals surface area contributed by atoms with Gasteiger partial charge in [0, 0.05) is 35.3 Å². The number of phenols is 1. The van der Waals surface area contributed by atoms with Crippen molar-refractivity contribution in [3.63, 3.8) is 0 Å². The normalized spacial score (nSPS) is 11.9. The largest absolute Gasteiger partial charge is 0.506 e. The van der Waals surface area contributed by atoms with E-state index in [1.165, 1.54) is 12.1 Å². The van der Waals surface area contributed by atoms with Crippen LogP contribution in [0.5, 0.6) is 17.2 Å². The average molecular weight is 905 g/mol. The van der Waals surface area contributed by atoms with Crippen LogP contribution in [-0.2, 0) is 37.8 Å². The second-order valence-corrected chi connectivity index (χ2v) is 14.6. The molecule has 0 radical (unpaired) electrons. The van der Waals surface area contributed by atoms with Crippen molar-refractivity contribution in [3.05, 3.63) is 134 Å². The van der Waals surface area contributed by atoms with E-state index in [1.54, 1.807) is 20.8 Å². The van der Waals surface area contributed by atoms with E-state index in [-0.39, 0.29) is 35.1 Å². The lowest BCUT2D eigenvalue weighted by Crippen LogP contribution is -2.24. The first-order chi connectivity index (χ1) is 27.6. The number of ether oxygens (including phenoxy) is 2. The van der Waals surface area contributed by atoms with Crippen LogP contribution in [0, 0.1) is 19.0 Å². The Labute approximate surface area is 347 Å². The maximum Gasteiger partial charge on any atom is 0.416 e. The lowest BCUT2D eigenvalue weighted by molar-refractivity contribution is -0.138. The van der Waals surface area contributed by atoms with Crippen molar-refractivity contribution in [3.8, 4) is 17.2 Å². The molecule has 0 unspecified atom stereocenters. The van der Waals surface area contributed by atoms with Gasteiger partial charge in [-0.1, -0.05) is 11.6 Å². The van der Waals surface area contributed by atoms with Gasteiger partial charge in [-0.15, -0.1) is 0 Å². The summed E-state index contributed by atoms with van der Waals surface area (Å²) < 4.78 is 171. The smallest absolute Gasteiger partial charge is 0.416 e. The molecule has 61 heavy (non-hydrogen) atoms. The van der Waals surface area contributed by atoms with Gasteiger partial charge < -0.3 is 26.0 Å². The molecule has 0 aliphatic carbocycles. The van der Waals surface area contributed by atoms with Crippen molar-refractivity contribution in [2.45, 2.75) is 90.5 Å². The minimum Gasteiger partial charge on any atom is -0.506 e. The molecule has 21 heteroatoms. The molecule has 4 aromatic rings. The molecule has 0 fully saturated rings. The van der Waals surface area contributed by atoms with Gasteiger partial charge in [0.05, 0.1) is 34.9 Å². The average Bonchev–Trinajstić information content (AvgIpc) is 3.11. The fraction of sp³-hybridized carbons (Fsp3) is 0.350. The molecule has 0 aliphatic rings. The lowest BCUT2D eigenvalue weighted by Gasteiger charge is -2.23. The SMILES string of the molecule is CC(C)(C)Oc1ccc(C(F)(F)F)cc1CN.NCc1cc(C(F)(F)F)cc(Cl)c1O.[C-]#[N+]c1cc(C(F)(F)F)ccc1F.[C-]#[N+]c1cc(C(F)(F)F)ccc1OC(C)(C)C. The summed E-state index contributed by atoms with van der Waals surface area (Å²) in [5.41, 5.74) is 5.66. The van der Waals surface area contributed by atoms with Crippen LogP contribution >= 0.6 is 11.6 Å². The topological polar surface area (TPSA) is 99.5 Å². The lowest BCUT2D eigenvalue weighted by atomic mass is 10.1. The highest BCUT2D eigenvalue weighted by Crippen LogP contribution is 2.39. The number of benzene rings is 4. The van der Waals surface area contributed by atoms with E-state index in [2.05, 4.69) is 9.69 Å². The van der Waals surface area contributed by atoms with Crippen LogP contribution in [0.1, 0.15) is 74.9 Å². The Kier molecular flexibility index (Phi) is 18.3. The van der Waals surface area contributed by atoms with Crippen LogP contribution < -0.4 is 20.9 Å². The van der Waals surface area contributed by atoms with Crippen LogP contribution in [0.2, 0.25) is 5.02 Å². The number of hydrogen-bond donors (Lipinski definition) is 3. The molecule has 4 rings (SSSR count). The highest BCUT2D eigenvalue weighted by atomic mass is 35.5. The maximum atomic E-state index is 12.6.